The highest BCUT2D eigenvalue weighted by Gasteiger charge is 2.04. The van der Waals surface area contributed by atoms with E-state index in [1.165, 1.54) is 0 Å². The summed E-state index contributed by atoms with van der Waals surface area (Å²) in [5.74, 6) is 0. The van der Waals surface area contributed by atoms with Crippen LogP contribution >= 0.6 is 0 Å². The van der Waals surface area contributed by atoms with Crippen LogP contribution in [0.2, 0.25) is 0 Å². The molecule has 1 rings (SSSR count). The Balaban J connectivity index is 2.49. The first kappa shape index (κ1) is 13.0. The van der Waals surface area contributed by atoms with Gasteiger partial charge in [0.05, 0.1) is 13.2 Å². The molecule has 0 atom stereocenters. The number of anilines is 1. The molecular formula is C12H19NO3. The lowest BCUT2D eigenvalue weighted by molar-refractivity contribution is -0.0914. The van der Waals surface area contributed by atoms with Crippen molar-refractivity contribution in [1.82, 2.24) is 0 Å². The minimum absolute atomic E-state index is 0.230. The van der Waals surface area contributed by atoms with E-state index >= 15 is 0 Å². The van der Waals surface area contributed by atoms with Crippen molar-refractivity contribution in [2.75, 3.05) is 33.2 Å². The third kappa shape index (κ3) is 4.18. The number of nitrogens with one attached hydrogen (secondary N) is 1. The van der Waals surface area contributed by atoms with Gasteiger partial charge in [-0.25, -0.2) is 0 Å². The molecule has 4 nitrogen and oxygen atoms in total. The molecule has 0 aromatic heterocycles. The second-order valence-electron chi connectivity index (χ2n) is 3.42. The third-order valence-corrected chi connectivity index (χ3v) is 2.24. The molecule has 1 N–H and O–H groups in total. The molecule has 0 aliphatic heterocycles. The van der Waals surface area contributed by atoms with Crippen LogP contribution in [0.25, 0.3) is 0 Å². The van der Waals surface area contributed by atoms with Crippen molar-refractivity contribution in [3.63, 3.8) is 0 Å². The predicted molar refractivity (Wildman–Crippen MR) is 63.5 cm³/mol. The summed E-state index contributed by atoms with van der Waals surface area (Å²) in [7, 11) is 4.93. The first-order chi connectivity index (χ1) is 7.80. The number of methoxy groups -OCH3 is 3. The van der Waals surface area contributed by atoms with E-state index in [0.717, 1.165) is 11.3 Å². The Morgan fingerprint density at radius 3 is 2.56 bits per heavy atom. The smallest absolute Gasteiger partial charge is 0.173 e. The summed E-state index contributed by atoms with van der Waals surface area (Å²) in [6, 6.07) is 8.07. The third-order valence-electron chi connectivity index (χ3n) is 2.24. The van der Waals surface area contributed by atoms with Gasteiger partial charge < -0.3 is 19.5 Å². The van der Waals surface area contributed by atoms with Crippen LogP contribution in [0.3, 0.4) is 0 Å². The minimum Gasteiger partial charge on any atom is -0.380 e. The maximum atomic E-state index is 5.09. The molecule has 0 radical (unpaired) electrons. The molecule has 0 saturated heterocycles. The fraction of sp³-hybridized carbons (Fsp3) is 0.500. The molecule has 1 aromatic carbocycles. The van der Waals surface area contributed by atoms with E-state index in [9.17, 15) is 0 Å². The van der Waals surface area contributed by atoms with Gasteiger partial charge in [-0.2, -0.15) is 0 Å². The van der Waals surface area contributed by atoms with Crippen LogP contribution in [0.4, 0.5) is 5.69 Å². The SMILES string of the molecule is COCc1cccc(NCC(OC)OC)c1. The second-order valence-corrected chi connectivity index (χ2v) is 3.42. The fourth-order valence-electron chi connectivity index (χ4n) is 1.40. The lowest BCUT2D eigenvalue weighted by Gasteiger charge is -2.15. The maximum Gasteiger partial charge on any atom is 0.173 e. The van der Waals surface area contributed by atoms with Gasteiger partial charge in [-0.3, -0.25) is 0 Å². The molecule has 0 bridgehead atoms. The minimum atomic E-state index is -0.230. The van der Waals surface area contributed by atoms with E-state index in [0.29, 0.717) is 13.2 Å². The Morgan fingerprint density at radius 1 is 1.19 bits per heavy atom. The largest absolute Gasteiger partial charge is 0.380 e. The van der Waals surface area contributed by atoms with E-state index in [1.54, 1.807) is 21.3 Å². The number of hydrogen-bond acceptors (Lipinski definition) is 4. The molecule has 0 unspecified atom stereocenters. The number of hydrogen-bond donors (Lipinski definition) is 1. The summed E-state index contributed by atoms with van der Waals surface area (Å²) in [5.41, 5.74) is 2.17. The van der Waals surface area contributed by atoms with Crippen molar-refractivity contribution in [1.29, 1.82) is 0 Å². The molecule has 0 aliphatic carbocycles. The van der Waals surface area contributed by atoms with Crippen molar-refractivity contribution in [2.45, 2.75) is 12.9 Å². The highest BCUT2D eigenvalue weighted by Crippen LogP contribution is 2.11. The van der Waals surface area contributed by atoms with E-state index in [-0.39, 0.29) is 6.29 Å². The zero-order valence-electron chi connectivity index (χ0n) is 10.0. The van der Waals surface area contributed by atoms with Gasteiger partial charge in [0, 0.05) is 27.0 Å². The summed E-state index contributed by atoms with van der Waals surface area (Å²) >= 11 is 0. The van der Waals surface area contributed by atoms with E-state index in [2.05, 4.69) is 5.32 Å². The standard InChI is InChI=1S/C12H19NO3/c1-14-9-10-5-4-6-11(7-10)13-8-12(15-2)16-3/h4-7,12-13H,8-9H2,1-3H3. The van der Waals surface area contributed by atoms with Crippen LogP contribution in [0.1, 0.15) is 5.56 Å². The van der Waals surface area contributed by atoms with Gasteiger partial charge in [-0.05, 0) is 17.7 Å². The van der Waals surface area contributed by atoms with Crippen LogP contribution in [0.5, 0.6) is 0 Å². The number of ether oxygens (including phenoxy) is 3. The summed E-state index contributed by atoms with van der Waals surface area (Å²) in [6.07, 6.45) is -0.230. The van der Waals surface area contributed by atoms with Crippen molar-refractivity contribution in [3.05, 3.63) is 29.8 Å². The van der Waals surface area contributed by atoms with Crippen LogP contribution < -0.4 is 5.32 Å². The Labute approximate surface area is 96.5 Å². The molecule has 90 valence electrons. The van der Waals surface area contributed by atoms with Crippen molar-refractivity contribution >= 4 is 5.69 Å². The Kier molecular flexibility index (Phi) is 5.85. The van der Waals surface area contributed by atoms with E-state index in [1.807, 2.05) is 24.3 Å². The molecule has 0 spiro atoms. The topological polar surface area (TPSA) is 39.7 Å². The monoisotopic (exact) mass is 225 g/mol. The van der Waals surface area contributed by atoms with Gasteiger partial charge in [0.2, 0.25) is 0 Å². The average Bonchev–Trinajstić information content (AvgIpc) is 2.31. The Morgan fingerprint density at radius 2 is 1.94 bits per heavy atom. The number of benzene rings is 1. The first-order valence-corrected chi connectivity index (χ1v) is 5.17. The molecule has 1 aromatic rings. The summed E-state index contributed by atoms with van der Waals surface area (Å²) in [5, 5.41) is 3.24. The molecule has 0 aliphatic rings. The zero-order chi connectivity index (χ0) is 11.8. The van der Waals surface area contributed by atoms with Gasteiger partial charge in [0.15, 0.2) is 6.29 Å². The van der Waals surface area contributed by atoms with Gasteiger partial charge in [-0.1, -0.05) is 12.1 Å². The summed E-state index contributed by atoms with van der Waals surface area (Å²) in [6.45, 7) is 1.23. The van der Waals surface area contributed by atoms with Gasteiger partial charge >= 0.3 is 0 Å². The molecule has 4 heteroatoms. The predicted octanol–water partition coefficient (Wildman–Crippen LogP) is 1.86. The van der Waals surface area contributed by atoms with E-state index in [4.69, 9.17) is 14.2 Å². The van der Waals surface area contributed by atoms with Crippen LogP contribution in [-0.2, 0) is 20.8 Å². The molecule has 0 saturated carbocycles. The lowest BCUT2D eigenvalue weighted by Crippen LogP contribution is -2.23. The quantitative estimate of drug-likeness (QED) is 0.719. The van der Waals surface area contributed by atoms with Crippen LogP contribution in [0.15, 0.2) is 24.3 Å². The number of rotatable bonds is 7. The zero-order valence-corrected chi connectivity index (χ0v) is 10.0. The lowest BCUT2D eigenvalue weighted by atomic mass is 10.2. The van der Waals surface area contributed by atoms with Crippen molar-refractivity contribution in [3.8, 4) is 0 Å². The van der Waals surface area contributed by atoms with Crippen molar-refractivity contribution in [2.24, 2.45) is 0 Å². The Bertz CT molecular complexity index is 300. The highest BCUT2D eigenvalue weighted by molar-refractivity contribution is 5.45. The molecule has 0 amide bonds. The van der Waals surface area contributed by atoms with Crippen molar-refractivity contribution < 1.29 is 14.2 Å². The highest BCUT2D eigenvalue weighted by atomic mass is 16.7. The average molecular weight is 225 g/mol. The summed E-state index contributed by atoms with van der Waals surface area (Å²) in [4.78, 5) is 0. The normalized spacial score (nSPS) is 10.8. The molecular weight excluding hydrogens is 206 g/mol. The van der Waals surface area contributed by atoms with Gasteiger partial charge in [-0.15, -0.1) is 0 Å². The van der Waals surface area contributed by atoms with Crippen LogP contribution in [0, 0.1) is 0 Å². The second kappa shape index (κ2) is 7.22. The molecule has 0 heterocycles. The van der Waals surface area contributed by atoms with Gasteiger partial charge in [0.1, 0.15) is 0 Å². The van der Waals surface area contributed by atoms with Crippen LogP contribution in [-0.4, -0.2) is 34.2 Å². The fourth-order valence-corrected chi connectivity index (χ4v) is 1.40. The molecule has 16 heavy (non-hydrogen) atoms. The Hall–Kier alpha value is -1.10. The first-order valence-electron chi connectivity index (χ1n) is 5.17. The van der Waals surface area contributed by atoms with Gasteiger partial charge in [0.25, 0.3) is 0 Å². The summed E-state index contributed by atoms with van der Waals surface area (Å²) < 4.78 is 15.3. The molecule has 0 fully saturated rings. The van der Waals surface area contributed by atoms with E-state index < -0.39 is 0 Å². The maximum absolute atomic E-state index is 5.09.